The van der Waals surface area contributed by atoms with Crippen molar-refractivity contribution in [1.29, 1.82) is 0 Å². The van der Waals surface area contributed by atoms with Crippen molar-refractivity contribution in [2.45, 2.75) is 56.1 Å². The number of hydrogen-bond acceptors (Lipinski definition) is 10. The van der Waals surface area contributed by atoms with Crippen LogP contribution in [0.5, 0.6) is 5.88 Å². The number of anilines is 1. The Morgan fingerprint density at radius 3 is 2.56 bits per heavy atom. The van der Waals surface area contributed by atoms with E-state index in [1.807, 2.05) is 6.92 Å². The average molecular weight is 517 g/mol. The number of nitrogens with one attached hydrogen (secondary N) is 2. The molecule has 1 saturated carbocycles. The molecule has 2 aromatic heterocycles. The molecule has 11 nitrogen and oxygen atoms in total. The molecule has 2 N–H and O–H groups in total. The molecule has 2 fully saturated rings. The molecule has 3 heterocycles. The van der Waals surface area contributed by atoms with Crippen molar-refractivity contribution in [1.82, 2.24) is 25.4 Å². The summed E-state index contributed by atoms with van der Waals surface area (Å²) in [6.07, 6.45) is 1.64. The number of nitrogens with zero attached hydrogens (tertiary/aromatic N) is 4. The van der Waals surface area contributed by atoms with Gasteiger partial charge < -0.3 is 24.2 Å². The lowest BCUT2D eigenvalue weighted by atomic mass is 10.1. The molecule has 0 unspecified atom stereocenters. The molecule has 194 valence electrons. The highest BCUT2D eigenvalue weighted by Gasteiger charge is 2.41. The van der Waals surface area contributed by atoms with E-state index in [0.717, 1.165) is 12.8 Å². The van der Waals surface area contributed by atoms with Gasteiger partial charge in [-0.2, -0.15) is 0 Å². The topological polar surface area (TPSA) is 132 Å². The zero-order valence-corrected chi connectivity index (χ0v) is 21.8. The molecule has 3 aromatic rings. The zero-order valence-electron chi connectivity index (χ0n) is 20.9. The van der Waals surface area contributed by atoms with Gasteiger partial charge in [0.15, 0.2) is 5.58 Å². The molecule has 12 heteroatoms. The summed E-state index contributed by atoms with van der Waals surface area (Å²) < 4.78 is 45.9. The summed E-state index contributed by atoms with van der Waals surface area (Å²) in [5.41, 5.74) is 1.70. The largest absolute Gasteiger partial charge is 0.474 e. The highest BCUT2D eigenvalue weighted by atomic mass is 32.2. The second-order valence-corrected chi connectivity index (χ2v) is 11.7. The summed E-state index contributed by atoms with van der Waals surface area (Å²) in [4.78, 5) is 2.33. The van der Waals surface area contributed by atoms with Gasteiger partial charge >= 0.3 is 0 Å². The summed E-state index contributed by atoms with van der Waals surface area (Å²) in [6.45, 7) is 8.33. The summed E-state index contributed by atoms with van der Waals surface area (Å²) >= 11 is 0. The van der Waals surface area contributed by atoms with Gasteiger partial charge in [-0.1, -0.05) is 5.16 Å². The van der Waals surface area contributed by atoms with Gasteiger partial charge in [0.1, 0.15) is 18.0 Å². The SMILES string of the molecule is COCCOc1ccc(-c2noc3c(N4C[C@H](C)N[C@@H](C)C4)cc(S(=O)(=O)NC4(C)CC4)cc23)nn1. The first kappa shape index (κ1) is 24.9. The summed E-state index contributed by atoms with van der Waals surface area (Å²) in [5.74, 6) is 0.359. The molecule has 1 saturated heterocycles. The van der Waals surface area contributed by atoms with Gasteiger partial charge in [0.05, 0.1) is 22.6 Å². The minimum absolute atomic E-state index is 0.175. The number of methoxy groups -OCH3 is 1. The molecule has 0 amide bonds. The lowest BCUT2D eigenvalue weighted by molar-refractivity contribution is 0.143. The van der Waals surface area contributed by atoms with Gasteiger partial charge in [0.25, 0.3) is 0 Å². The Morgan fingerprint density at radius 2 is 1.92 bits per heavy atom. The Balaban J connectivity index is 1.57. The van der Waals surface area contributed by atoms with Crippen LogP contribution < -0.4 is 19.7 Å². The van der Waals surface area contributed by atoms with Crippen molar-refractivity contribution < 1.29 is 22.4 Å². The van der Waals surface area contributed by atoms with Crippen molar-refractivity contribution >= 4 is 26.7 Å². The molecule has 0 spiro atoms. The summed E-state index contributed by atoms with van der Waals surface area (Å²) in [5, 5.41) is 16.7. The maximum absolute atomic E-state index is 13.4. The lowest BCUT2D eigenvalue weighted by Gasteiger charge is -2.37. The Bertz CT molecular complexity index is 1330. The van der Waals surface area contributed by atoms with Gasteiger partial charge in [-0.15, -0.1) is 10.2 Å². The van der Waals surface area contributed by atoms with Crippen LogP contribution in [-0.4, -0.2) is 74.8 Å². The van der Waals surface area contributed by atoms with E-state index in [9.17, 15) is 8.42 Å². The standard InChI is InChI=1S/C24H32N6O5S/c1-15-13-30(14-16(2)25-15)20-12-17(36(31,32)29-24(3)7-8-24)11-18-22(28-35-23(18)20)19-5-6-21(27-26-19)34-10-9-33-4/h5-6,11-12,15-16,25,29H,7-10,13-14H2,1-4H3/t15-,16-/m0/s1. The van der Waals surface area contributed by atoms with Crippen LogP contribution >= 0.6 is 0 Å². The second-order valence-electron chi connectivity index (χ2n) is 9.99. The molecule has 0 radical (unpaired) electrons. The van der Waals surface area contributed by atoms with E-state index in [0.29, 0.717) is 60.2 Å². The molecule has 1 aliphatic carbocycles. The predicted molar refractivity (Wildman–Crippen MR) is 135 cm³/mol. The summed E-state index contributed by atoms with van der Waals surface area (Å²) in [6, 6.07) is 7.17. The fraction of sp³-hybridized carbons (Fsp3) is 0.542. The van der Waals surface area contributed by atoms with E-state index in [1.165, 1.54) is 0 Å². The number of aromatic nitrogens is 3. The van der Waals surface area contributed by atoms with Crippen LogP contribution in [0.25, 0.3) is 22.4 Å². The van der Waals surface area contributed by atoms with Gasteiger partial charge in [-0.3, -0.25) is 0 Å². The molecular formula is C24H32N6O5S. The molecule has 5 rings (SSSR count). The third-order valence-electron chi connectivity index (χ3n) is 6.54. The van der Waals surface area contributed by atoms with Gasteiger partial charge in [0.2, 0.25) is 15.9 Å². The van der Waals surface area contributed by atoms with Gasteiger partial charge in [0, 0.05) is 43.9 Å². The fourth-order valence-electron chi connectivity index (χ4n) is 4.52. The molecular weight excluding hydrogens is 484 g/mol. The van der Waals surface area contributed by atoms with E-state index in [1.54, 1.807) is 31.4 Å². The maximum Gasteiger partial charge on any atom is 0.241 e. The van der Waals surface area contributed by atoms with Crippen LogP contribution in [0.3, 0.4) is 0 Å². The normalized spacial score (nSPS) is 21.6. The monoisotopic (exact) mass is 516 g/mol. The molecule has 0 bridgehead atoms. The number of fused-ring (bicyclic) bond motifs is 1. The van der Waals surface area contributed by atoms with Crippen LogP contribution in [-0.2, 0) is 14.8 Å². The molecule has 1 aromatic carbocycles. The summed E-state index contributed by atoms with van der Waals surface area (Å²) in [7, 11) is -2.17. The maximum atomic E-state index is 13.4. The predicted octanol–water partition coefficient (Wildman–Crippen LogP) is 2.33. The van der Waals surface area contributed by atoms with Crippen LogP contribution in [0.15, 0.2) is 33.7 Å². The first-order valence-corrected chi connectivity index (χ1v) is 13.6. The third-order valence-corrected chi connectivity index (χ3v) is 8.15. The zero-order chi connectivity index (χ0) is 25.5. The number of ether oxygens (including phenoxy) is 2. The van der Waals surface area contributed by atoms with Crippen molar-refractivity contribution in [2.75, 3.05) is 38.3 Å². The Kier molecular flexibility index (Phi) is 6.62. The Morgan fingerprint density at radius 1 is 1.17 bits per heavy atom. The highest BCUT2D eigenvalue weighted by Crippen LogP contribution is 2.39. The van der Waals surface area contributed by atoms with E-state index in [-0.39, 0.29) is 17.0 Å². The fourth-order valence-corrected chi connectivity index (χ4v) is 6.03. The molecule has 2 atom stereocenters. The first-order valence-electron chi connectivity index (χ1n) is 12.1. The molecule has 36 heavy (non-hydrogen) atoms. The van der Waals surface area contributed by atoms with E-state index >= 15 is 0 Å². The van der Waals surface area contributed by atoms with Crippen LogP contribution in [0.4, 0.5) is 5.69 Å². The van der Waals surface area contributed by atoms with Crippen molar-refractivity contribution in [2.24, 2.45) is 0 Å². The number of rotatable bonds is 9. The highest BCUT2D eigenvalue weighted by molar-refractivity contribution is 7.89. The smallest absolute Gasteiger partial charge is 0.241 e. The van der Waals surface area contributed by atoms with Crippen LogP contribution in [0.2, 0.25) is 0 Å². The van der Waals surface area contributed by atoms with Gasteiger partial charge in [-0.25, -0.2) is 13.1 Å². The third kappa shape index (κ3) is 5.17. The number of hydrogen-bond donors (Lipinski definition) is 2. The minimum atomic E-state index is -3.76. The second kappa shape index (κ2) is 9.58. The Hall–Kier alpha value is -2.80. The van der Waals surface area contributed by atoms with Crippen molar-refractivity contribution in [3.63, 3.8) is 0 Å². The average Bonchev–Trinajstić information content (AvgIpc) is 3.38. The van der Waals surface area contributed by atoms with Crippen molar-refractivity contribution in [3.05, 3.63) is 24.3 Å². The van der Waals surface area contributed by atoms with Gasteiger partial charge in [-0.05, 0) is 51.8 Å². The van der Waals surface area contributed by atoms with Crippen LogP contribution in [0.1, 0.15) is 33.6 Å². The molecule has 2 aliphatic rings. The number of piperazine rings is 1. The number of sulfonamides is 1. The number of benzene rings is 1. The van der Waals surface area contributed by atoms with E-state index in [4.69, 9.17) is 14.0 Å². The quantitative estimate of drug-likeness (QED) is 0.408. The lowest BCUT2D eigenvalue weighted by Crippen LogP contribution is -2.54. The molecule has 1 aliphatic heterocycles. The first-order chi connectivity index (χ1) is 17.2. The van der Waals surface area contributed by atoms with Crippen molar-refractivity contribution in [3.8, 4) is 17.3 Å². The minimum Gasteiger partial charge on any atom is -0.474 e. The Labute approximate surface area is 210 Å². The van der Waals surface area contributed by atoms with E-state index in [2.05, 4.69) is 44.1 Å². The van der Waals surface area contributed by atoms with E-state index < -0.39 is 15.6 Å². The van der Waals surface area contributed by atoms with Crippen LogP contribution in [0, 0.1) is 0 Å².